The molecule has 51 heavy (non-hydrogen) atoms. The maximum Gasteiger partial charge on any atom is 0.306 e. The van der Waals surface area contributed by atoms with Crippen LogP contribution < -0.4 is 25.8 Å². The molecule has 0 radical (unpaired) electrons. The molecule has 0 aromatic heterocycles. The molecule has 0 aliphatic carbocycles. The number of benzene rings is 2. The third kappa shape index (κ3) is 14.5. The van der Waals surface area contributed by atoms with Crippen molar-refractivity contribution < 1.29 is 28.7 Å². The van der Waals surface area contributed by atoms with E-state index in [4.69, 9.17) is 25.8 Å². The highest BCUT2D eigenvalue weighted by Crippen LogP contribution is 2.39. The zero-order chi connectivity index (χ0) is 38.0. The Bertz CT molecular complexity index is 1530. The Morgan fingerprint density at radius 3 is 2.14 bits per heavy atom. The number of esters is 1. The van der Waals surface area contributed by atoms with Gasteiger partial charge in [0.25, 0.3) is 5.69 Å². The molecule has 1 atom stereocenters. The summed E-state index contributed by atoms with van der Waals surface area (Å²) in [7, 11) is 3.18. The highest BCUT2D eigenvalue weighted by Gasteiger charge is 2.22. The van der Waals surface area contributed by atoms with Crippen LogP contribution in [-0.2, 0) is 19.1 Å². The van der Waals surface area contributed by atoms with Gasteiger partial charge in [-0.2, -0.15) is 10.5 Å². The number of carbonyl (C=O) groups is 2. The standard InChI is InChI=1S/C36H50ClN7O7/c1-25(22-36(2,3)4)17-33(45)40-29-20-31(43(13-7-9-15-49-5)14-8-10-16-51-34(46)11-12-37)32(50-6)21-30(29)41-42-35-26(23-38)18-28(44(47)48)19-27(35)24-39/h18-21,25,41-42H,7-17,22H2,1-6H3,(H,40,45). The molecule has 278 valence electrons. The predicted octanol–water partition coefficient (Wildman–Crippen LogP) is 7.37. The summed E-state index contributed by atoms with van der Waals surface area (Å²) in [5.41, 5.74) is 6.79. The van der Waals surface area contributed by atoms with Gasteiger partial charge in [0, 0.05) is 57.3 Å². The van der Waals surface area contributed by atoms with Gasteiger partial charge in [-0.15, -0.1) is 11.6 Å². The van der Waals surface area contributed by atoms with Crippen LogP contribution >= 0.6 is 11.6 Å². The zero-order valence-corrected chi connectivity index (χ0v) is 31.2. The van der Waals surface area contributed by atoms with Crippen LogP contribution in [0.1, 0.15) is 83.8 Å². The molecule has 0 bridgehead atoms. The number of hydrogen-bond acceptors (Lipinski definition) is 12. The number of rotatable bonds is 22. The number of methoxy groups -OCH3 is 2. The smallest absolute Gasteiger partial charge is 0.306 e. The Kier molecular flexibility index (Phi) is 17.8. The van der Waals surface area contributed by atoms with E-state index < -0.39 is 10.6 Å². The van der Waals surface area contributed by atoms with Crippen molar-refractivity contribution in [3.63, 3.8) is 0 Å². The number of halogens is 1. The van der Waals surface area contributed by atoms with Crippen molar-refractivity contribution in [2.24, 2.45) is 11.3 Å². The number of nitrogens with one attached hydrogen (secondary N) is 3. The quantitative estimate of drug-likeness (QED) is 0.0359. The maximum absolute atomic E-state index is 13.4. The lowest BCUT2D eigenvalue weighted by Gasteiger charge is -2.29. The molecule has 0 fully saturated rings. The molecule has 0 spiro atoms. The molecule has 14 nitrogen and oxygen atoms in total. The molecule has 2 rings (SSSR count). The van der Waals surface area contributed by atoms with Gasteiger partial charge in [-0.3, -0.25) is 30.6 Å². The van der Waals surface area contributed by atoms with Crippen LogP contribution in [0.4, 0.5) is 28.4 Å². The van der Waals surface area contributed by atoms with Crippen LogP contribution in [0.15, 0.2) is 24.3 Å². The molecular weight excluding hydrogens is 678 g/mol. The Balaban J connectivity index is 2.53. The first kappa shape index (κ1) is 42.4. The molecule has 0 saturated heterocycles. The molecule has 2 aromatic rings. The van der Waals surface area contributed by atoms with Gasteiger partial charge in [0.05, 0.1) is 58.9 Å². The summed E-state index contributed by atoms with van der Waals surface area (Å²) in [4.78, 5) is 38.1. The summed E-state index contributed by atoms with van der Waals surface area (Å²) >= 11 is 5.63. The molecule has 3 N–H and O–H groups in total. The average Bonchev–Trinajstić information content (AvgIpc) is 3.06. The largest absolute Gasteiger partial charge is 0.495 e. The van der Waals surface area contributed by atoms with Gasteiger partial charge in [-0.1, -0.05) is 27.7 Å². The van der Waals surface area contributed by atoms with E-state index in [2.05, 4.69) is 41.8 Å². The lowest BCUT2D eigenvalue weighted by molar-refractivity contribution is -0.384. The third-order valence-electron chi connectivity index (χ3n) is 7.74. The third-order valence-corrected chi connectivity index (χ3v) is 7.93. The Morgan fingerprint density at radius 2 is 1.61 bits per heavy atom. The summed E-state index contributed by atoms with van der Waals surface area (Å²) in [6, 6.07) is 9.46. The fourth-order valence-corrected chi connectivity index (χ4v) is 5.79. The maximum atomic E-state index is 13.4. The Morgan fingerprint density at radius 1 is 0.980 bits per heavy atom. The number of nitro groups is 1. The first-order valence-electron chi connectivity index (χ1n) is 16.9. The second kappa shape index (κ2) is 21.4. The van der Waals surface area contributed by atoms with Crippen LogP contribution in [0.25, 0.3) is 0 Å². The number of carbonyl (C=O) groups excluding carboxylic acids is 2. The zero-order valence-electron chi connectivity index (χ0n) is 30.4. The van der Waals surface area contributed by atoms with E-state index in [9.17, 15) is 30.2 Å². The van der Waals surface area contributed by atoms with Crippen molar-refractivity contribution in [2.75, 3.05) is 67.5 Å². The summed E-state index contributed by atoms with van der Waals surface area (Å²) in [6.07, 6.45) is 4.22. The molecule has 0 heterocycles. The van der Waals surface area contributed by atoms with Gasteiger partial charge >= 0.3 is 5.97 Å². The molecule has 2 aromatic carbocycles. The van der Waals surface area contributed by atoms with E-state index in [0.717, 1.165) is 31.4 Å². The molecule has 0 saturated carbocycles. The fourth-order valence-electron chi connectivity index (χ4n) is 5.64. The van der Waals surface area contributed by atoms with Crippen LogP contribution in [0, 0.1) is 44.1 Å². The first-order chi connectivity index (χ1) is 24.3. The summed E-state index contributed by atoms with van der Waals surface area (Å²) in [5.74, 6) is 0.236. The van der Waals surface area contributed by atoms with Crippen molar-refractivity contribution >= 4 is 51.9 Å². The molecule has 1 amide bonds. The van der Waals surface area contributed by atoms with Crippen molar-refractivity contribution in [1.29, 1.82) is 10.5 Å². The molecule has 0 aliphatic heterocycles. The van der Waals surface area contributed by atoms with Crippen LogP contribution in [-0.4, -0.2) is 63.2 Å². The van der Waals surface area contributed by atoms with Crippen LogP contribution in [0.5, 0.6) is 5.75 Å². The van der Waals surface area contributed by atoms with Gasteiger partial charge in [0.1, 0.15) is 17.9 Å². The number of nitro benzene ring substituents is 1. The summed E-state index contributed by atoms with van der Waals surface area (Å²) < 4.78 is 16.3. The van der Waals surface area contributed by atoms with Crippen molar-refractivity contribution in [2.45, 2.75) is 72.6 Å². The van der Waals surface area contributed by atoms with E-state index >= 15 is 0 Å². The van der Waals surface area contributed by atoms with E-state index in [1.807, 2.05) is 19.1 Å². The minimum Gasteiger partial charge on any atom is -0.495 e. The first-order valence-corrected chi connectivity index (χ1v) is 17.4. The lowest BCUT2D eigenvalue weighted by atomic mass is 9.84. The van der Waals surface area contributed by atoms with Crippen LogP contribution in [0.2, 0.25) is 0 Å². The number of unbranched alkanes of at least 4 members (excludes halogenated alkanes) is 2. The van der Waals surface area contributed by atoms with E-state index in [-0.39, 0.29) is 65.4 Å². The van der Waals surface area contributed by atoms with Gasteiger partial charge in [-0.25, -0.2) is 0 Å². The Hall–Kier alpha value is -4.79. The number of non-ortho nitro benzene ring substituents is 1. The Labute approximate surface area is 305 Å². The summed E-state index contributed by atoms with van der Waals surface area (Å²) in [5, 5.41) is 33.9. The topological polar surface area (TPSA) is 192 Å². The summed E-state index contributed by atoms with van der Waals surface area (Å²) in [6.45, 7) is 10.5. The second-order valence-corrected chi connectivity index (χ2v) is 13.8. The number of hydrogen-bond donors (Lipinski definition) is 3. The molecular formula is C36H50ClN7O7. The van der Waals surface area contributed by atoms with Gasteiger partial charge in [0.2, 0.25) is 5.91 Å². The monoisotopic (exact) mass is 727 g/mol. The van der Waals surface area contributed by atoms with Crippen molar-refractivity contribution in [3.05, 3.63) is 45.5 Å². The SMILES string of the molecule is COCCCCN(CCCCOC(=O)CCCl)c1cc(NC(=O)CC(C)CC(C)(C)C)c(NNc2c(C#N)cc([N+](=O)[O-])cc2C#N)cc1OC. The van der Waals surface area contributed by atoms with E-state index in [0.29, 0.717) is 55.3 Å². The number of alkyl halides is 1. The van der Waals surface area contributed by atoms with Crippen molar-refractivity contribution in [3.8, 4) is 17.9 Å². The van der Waals surface area contributed by atoms with E-state index in [1.165, 1.54) is 7.11 Å². The highest BCUT2D eigenvalue weighted by atomic mass is 35.5. The fraction of sp³-hybridized carbons (Fsp3) is 0.556. The van der Waals surface area contributed by atoms with Gasteiger partial charge in [0.15, 0.2) is 0 Å². The minimum absolute atomic E-state index is 0.0382. The number of amides is 1. The number of anilines is 4. The number of hydrazine groups is 1. The predicted molar refractivity (Wildman–Crippen MR) is 198 cm³/mol. The van der Waals surface area contributed by atoms with Crippen LogP contribution in [0.3, 0.4) is 0 Å². The number of nitrogens with zero attached hydrogens (tertiary/aromatic N) is 4. The van der Waals surface area contributed by atoms with E-state index in [1.54, 1.807) is 19.2 Å². The average molecular weight is 728 g/mol. The normalized spacial score (nSPS) is 11.5. The number of nitriles is 2. The molecule has 1 unspecified atom stereocenters. The van der Waals surface area contributed by atoms with Crippen molar-refractivity contribution in [1.82, 2.24) is 0 Å². The second-order valence-electron chi connectivity index (χ2n) is 13.4. The van der Waals surface area contributed by atoms with Gasteiger partial charge in [-0.05, 0) is 49.5 Å². The number of ether oxygens (including phenoxy) is 3. The molecule has 15 heteroatoms. The molecule has 0 aliphatic rings. The lowest BCUT2D eigenvalue weighted by Crippen LogP contribution is -2.27. The minimum atomic E-state index is -0.675. The highest BCUT2D eigenvalue weighted by molar-refractivity contribution is 6.18. The van der Waals surface area contributed by atoms with Gasteiger partial charge < -0.3 is 24.4 Å².